The largest absolute Gasteiger partial charge is 0.338 e. The molecule has 8 heteroatoms. The summed E-state index contributed by atoms with van der Waals surface area (Å²) in [5.74, 6) is 2.48. The second-order valence-electron chi connectivity index (χ2n) is 7.41. The van der Waals surface area contributed by atoms with Gasteiger partial charge >= 0.3 is 0 Å². The average Bonchev–Trinajstić information content (AvgIpc) is 3.12. The third-order valence-corrected chi connectivity index (χ3v) is 4.88. The van der Waals surface area contributed by atoms with Crippen molar-refractivity contribution in [1.29, 1.82) is 0 Å². The van der Waals surface area contributed by atoms with Gasteiger partial charge in [0.25, 0.3) is 0 Å². The number of nitrogens with one attached hydrogen (secondary N) is 2. The van der Waals surface area contributed by atoms with Crippen molar-refractivity contribution in [1.82, 2.24) is 30.0 Å². The molecule has 2 aromatic heterocycles. The summed E-state index contributed by atoms with van der Waals surface area (Å²) >= 11 is 0. The molecule has 3 aromatic rings. The molecule has 29 heavy (non-hydrogen) atoms. The van der Waals surface area contributed by atoms with E-state index in [1.165, 1.54) is 5.56 Å². The molecule has 1 fully saturated rings. The van der Waals surface area contributed by atoms with Gasteiger partial charge in [-0.15, -0.1) is 0 Å². The third kappa shape index (κ3) is 4.97. The number of anilines is 3. The minimum atomic E-state index is 0.490. The van der Waals surface area contributed by atoms with Crippen LogP contribution in [0.3, 0.4) is 0 Å². The van der Waals surface area contributed by atoms with Gasteiger partial charge in [-0.1, -0.05) is 35.9 Å². The van der Waals surface area contributed by atoms with Gasteiger partial charge in [-0.3, -0.25) is 5.10 Å². The molecule has 1 aliphatic rings. The van der Waals surface area contributed by atoms with E-state index in [0.717, 1.165) is 37.4 Å². The fraction of sp³-hybridized carbons (Fsp3) is 0.333. The standard InChI is InChI=1S/C21H26N8/c1-15-4-6-17(7-5-15)8-9-18-22-20(23-19-14-16(2)26-27-19)25-21(24-18)29-12-10-28(3)11-13-29/h4-9,14H,10-13H2,1-3H3,(H2,22,23,24,25,26,27)/b9-8+. The van der Waals surface area contributed by atoms with Crippen LogP contribution in [0.15, 0.2) is 30.3 Å². The fourth-order valence-electron chi connectivity index (χ4n) is 3.10. The van der Waals surface area contributed by atoms with Crippen LogP contribution in [0.1, 0.15) is 22.6 Å². The van der Waals surface area contributed by atoms with E-state index >= 15 is 0 Å². The van der Waals surface area contributed by atoms with Crippen LogP contribution >= 0.6 is 0 Å². The molecule has 1 aromatic carbocycles. The summed E-state index contributed by atoms with van der Waals surface area (Å²) in [5, 5.41) is 10.3. The normalized spacial score (nSPS) is 15.2. The quantitative estimate of drug-likeness (QED) is 0.693. The molecule has 150 valence electrons. The zero-order valence-electron chi connectivity index (χ0n) is 17.1. The lowest BCUT2D eigenvalue weighted by Crippen LogP contribution is -2.45. The lowest BCUT2D eigenvalue weighted by molar-refractivity contribution is 0.311. The van der Waals surface area contributed by atoms with Crippen LogP contribution in [0.25, 0.3) is 12.2 Å². The summed E-state index contributed by atoms with van der Waals surface area (Å²) < 4.78 is 0. The maximum absolute atomic E-state index is 4.69. The van der Waals surface area contributed by atoms with Gasteiger partial charge in [0, 0.05) is 37.9 Å². The highest BCUT2D eigenvalue weighted by Crippen LogP contribution is 2.18. The van der Waals surface area contributed by atoms with Crippen molar-refractivity contribution in [3.8, 4) is 0 Å². The molecule has 8 nitrogen and oxygen atoms in total. The summed E-state index contributed by atoms with van der Waals surface area (Å²) in [5.41, 5.74) is 3.32. The molecule has 0 saturated carbocycles. The summed E-state index contributed by atoms with van der Waals surface area (Å²) in [4.78, 5) is 18.4. The Hall–Kier alpha value is -3.26. The molecule has 0 spiro atoms. The molecule has 4 rings (SSSR count). The van der Waals surface area contributed by atoms with Crippen LogP contribution < -0.4 is 10.2 Å². The van der Waals surface area contributed by atoms with Crippen molar-refractivity contribution in [3.63, 3.8) is 0 Å². The number of benzene rings is 1. The molecule has 3 heterocycles. The number of nitrogens with zero attached hydrogens (tertiary/aromatic N) is 6. The maximum Gasteiger partial charge on any atom is 0.233 e. The number of H-pyrrole nitrogens is 1. The van der Waals surface area contributed by atoms with Crippen LogP contribution in [-0.2, 0) is 0 Å². The van der Waals surface area contributed by atoms with Crippen LogP contribution in [0.2, 0.25) is 0 Å². The van der Waals surface area contributed by atoms with Gasteiger partial charge in [0.1, 0.15) is 0 Å². The Morgan fingerprint density at radius 2 is 1.72 bits per heavy atom. The molecular formula is C21H26N8. The fourth-order valence-corrected chi connectivity index (χ4v) is 3.10. The highest BCUT2D eigenvalue weighted by molar-refractivity contribution is 5.67. The average molecular weight is 390 g/mol. The van der Waals surface area contributed by atoms with E-state index in [9.17, 15) is 0 Å². The number of aromatic amines is 1. The Morgan fingerprint density at radius 1 is 0.966 bits per heavy atom. The lowest BCUT2D eigenvalue weighted by Gasteiger charge is -2.32. The first kappa shape index (κ1) is 19.1. The SMILES string of the molecule is Cc1ccc(/C=C/c2nc(Nc3cc(C)[nH]n3)nc(N3CCN(C)CC3)n2)cc1. The van der Waals surface area contributed by atoms with E-state index in [0.29, 0.717) is 23.5 Å². The molecule has 0 amide bonds. The van der Waals surface area contributed by atoms with E-state index in [2.05, 4.69) is 73.5 Å². The van der Waals surface area contributed by atoms with Gasteiger partial charge in [-0.2, -0.15) is 20.1 Å². The summed E-state index contributed by atoms with van der Waals surface area (Å²) in [6, 6.07) is 10.3. The number of likely N-dealkylation sites (N-methyl/N-ethyl adjacent to an activating group) is 1. The Morgan fingerprint density at radius 3 is 2.41 bits per heavy atom. The first-order valence-electron chi connectivity index (χ1n) is 9.78. The molecule has 1 aliphatic heterocycles. The lowest BCUT2D eigenvalue weighted by atomic mass is 10.1. The van der Waals surface area contributed by atoms with Crippen LogP contribution in [0, 0.1) is 13.8 Å². The smallest absolute Gasteiger partial charge is 0.233 e. The van der Waals surface area contributed by atoms with Gasteiger partial charge in [0.05, 0.1) is 0 Å². The van der Waals surface area contributed by atoms with Crippen LogP contribution in [0.4, 0.5) is 17.7 Å². The van der Waals surface area contributed by atoms with E-state index in [-0.39, 0.29) is 0 Å². The maximum atomic E-state index is 4.69. The Labute approximate surface area is 170 Å². The monoisotopic (exact) mass is 390 g/mol. The summed E-state index contributed by atoms with van der Waals surface area (Å²) in [6.45, 7) is 7.79. The van der Waals surface area contributed by atoms with Gasteiger partial charge < -0.3 is 15.1 Å². The van der Waals surface area contributed by atoms with Crippen molar-refractivity contribution in [2.24, 2.45) is 0 Å². The molecular weight excluding hydrogens is 364 g/mol. The molecule has 0 unspecified atom stereocenters. The first-order valence-corrected chi connectivity index (χ1v) is 9.78. The van der Waals surface area contributed by atoms with E-state index in [1.54, 1.807) is 0 Å². The number of hydrogen-bond donors (Lipinski definition) is 2. The van der Waals surface area contributed by atoms with Crippen LogP contribution in [-0.4, -0.2) is 63.3 Å². The van der Waals surface area contributed by atoms with Crippen LogP contribution in [0.5, 0.6) is 0 Å². The highest BCUT2D eigenvalue weighted by atomic mass is 15.3. The second-order valence-corrected chi connectivity index (χ2v) is 7.41. The summed E-state index contributed by atoms with van der Waals surface area (Å²) in [6.07, 6.45) is 3.94. The Bertz CT molecular complexity index is 984. The molecule has 0 atom stereocenters. The third-order valence-electron chi connectivity index (χ3n) is 4.88. The molecule has 0 aliphatic carbocycles. The van der Waals surface area contributed by atoms with Crippen molar-refractivity contribution in [2.75, 3.05) is 43.4 Å². The summed E-state index contributed by atoms with van der Waals surface area (Å²) in [7, 11) is 2.13. The van der Waals surface area contributed by atoms with Gasteiger partial charge in [0.15, 0.2) is 11.6 Å². The second kappa shape index (κ2) is 8.40. The van der Waals surface area contributed by atoms with E-state index in [4.69, 9.17) is 4.98 Å². The van der Waals surface area contributed by atoms with E-state index < -0.39 is 0 Å². The number of rotatable bonds is 5. The molecule has 1 saturated heterocycles. The molecule has 0 radical (unpaired) electrons. The van der Waals surface area contributed by atoms with E-state index in [1.807, 2.05) is 25.1 Å². The highest BCUT2D eigenvalue weighted by Gasteiger charge is 2.18. The number of aryl methyl sites for hydroxylation is 2. The van der Waals surface area contributed by atoms with Crippen molar-refractivity contribution < 1.29 is 0 Å². The van der Waals surface area contributed by atoms with Crippen molar-refractivity contribution in [2.45, 2.75) is 13.8 Å². The minimum Gasteiger partial charge on any atom is -0.338 e. The number of hydrogen-bond acceptors (Lipinski definition) is 7. The zero-order valence-corrected chi connectivity index (χ0v) is 17.1. The predicted octanol–water partition coefficient (Wildman–Crippen LogP) is 2.88. The van der Waals surface area contributed by atoms with Gasteiger partial charge in [-0.05, 0) is 32.5 Å². The molecule has 2 N–H and O–H groups in total. The Balaban J connectivity index is 1.62. The first-order chi connectivity index (χ1) is 14.0. The van der Waals surface area contributed by atoms with Gasteiger partial charge in [-0.25, -0.2) is 0 Å². The van der Waals surface area contributed by atoms with Crippen molar-refractivity contribution >= 4 is 29.9 Å². The zero-order chi connectivity index (χ0) is 20.2. The number of aromatic nitrogens is 5. The number of piperazine rings is 1. The Kier molecular flexibility index (Phi) is 5.53. The minimum absolute atomic E-state index is 0.490. The molecule has 0 bridgehead atoms. The van der Waals surface area contributed by atoms with Crippen molar-refractivity contribution in [3.05, 3.63) is 53.0 Å². The topological polar surface area (TPSA) is 85.9 Å². The predicted molar refractivity (Wildman–Crippen MR) is 116 cm³/mol. The van der Waals surface area contributed by atoms with Gasteiger partial charge in [0.2, 0.25) is 11.9 Å².